The molecule has 1 aromatic rings. The van der Waals surface area contributed by atoms with Crippen molar-refractivity contribution in [3.05, 3.63) is 11.8 Å². The Labute approximate surface area is 93.0 Å². The second kappa shape index (κ2) is 3.17. The van der Waals surface area contributed by atoms with Gasteiger partial charge in [0.2, 0.25) is 0 Å². The van der Waals surface area contributed by atoms with Crippen molar-refractivity contribution >= 4 is 11.8 Å². The molecule has 2 N–H and O–H groups in total. The second-order valence-electron chi connectivity index (χ2n) is 4.58. The highest BCUT2D eigenvalue weighted by Gasteiger charge is 2.37. The second-order valence-corrected chi connectivity index (χ2v) is 4.58. The molecule has 2 aliphatic rings. The fourth-order valence-corrected chi connectivity index (χ4v) is 2.19. The molecule has 0 saturated heterocycles. The van der Waals surface area contributed by atoms with Gasteiger partial charge in [-0.3, -0.25) is 0 Å². The van der Waals surface area contributed by atoms with Crippen LogP contribution in [-0.4, -0.2) is 35.8 Å². The number of carbonyl (C=O) groups is 1. The number of ether oxygens (including phenoxy) is 1. The first-order chi connectivity index (χ1) is 7.65. The van der Waals surface area contributed by atoms with Crippen molar-refractivity contribution in [2.75, 3.05) is 18.5 Å². The molecule has 1 fully saturated rings. The van der Waals surface area contributed by atoms with E-state index in [-0.39, 0.29) is 11.8 Å². The van der Waals surface area contributed by atoms with Gasteiger partial charge in [-0.05, 0) is 18.8 Å². The highest BCUT2D eigenvalue weighted by Crippen LogP contribution is 2.41. The molecule has 3 rings (SSSR count). The van der Waals surface area contributed by atoms with Crippen molar-refractivity contribution in [3.8, 4) is 5.75 Å². The van der Waals surface area contributed by atoms with Crippen molar-refractivity contribution in [2.24, 2.45) is 5.92 Å². The van der Waals surface area contributed by atoms with Crippen LogP contribution in [0.2, 0.25) is 0 Å². The van der Waals surface area contributed by atoms with Crippen molar-refractivity contribution in [3.63, 3.8) is 0 Å². The number of aromatic carboxylic acids is 1. The highest BCUT2D eigenvalue weighted by molar-refractivity contribution is 5.88. The van der Waals surface area contributed by atoms with Crippen LogP contribution in [0.5, 0.6) is 5.75 Å². The highest BCUT2D eigenvalue weighted by atomic mass is 16.5. The Kier molecular flexibility index (Phi) is 1.89. The van der Waals surface area contributed by atoms with Gasteiger partial charge in [-0.1, -0.05) is 0 Å². The molecule has 16 heavy (non-hydrogen) atoms. The number of likely N-dealkylation sites (N-methyl/N-ethyl adjacent to an activating group) is 1. The summed E-state index contributed by atoms with van der Waals surface area (Å²) >= 11 is 0. The van der Waals surface area contributed by atoms with Gasteiger partial charge in [-0.25, -0.2) is 4.79 Å². The summed E-state index contributed by atoms with van der Waals surface area (Å²) in [7, 11) is 1.96. The molecule has 1 aliphatic heterocycles. The lowest BCUT2D eigenvalue weighted by Crippen LogP contribution is -2.38. The van der Waals surface area contributed by atoms with Crippen molar-refractivity contribution in [1.29, 1.82) is 0 Å². The zero-order chi connectivity index (χ0) is 11.3. The number of H-pyrrole nitrogens is 1. The lowest BCUT2D eigenvalue weighted by Gasteiger charge is -2.31. The molecule has 1 unspecified atom stereocenters. The number of anilines is 1. The summed E-state index contributed by atoms with van der Waals surface area (Å²) in [6, 6.07) is 1.57. The van der Waals surface area contributed by atoms with Crippen molar-refractivity contribution < 1.29 is 14.6 Å². The molecule has 0 radical (unpaired) electrons. The number of hydrogen-bond acceptors (Lipinski definition) is 3. The summed E-state index contributed by atoms with van der Waals surface area (Å²) in [5.74, 6) is 1.14. The maximum atomic E-state index is 10.8. The molecule has 5 nitrogen and oxygen atoms in total. The number of fused-ring (bicyclic) bond motifs is 1. The first kappa shape index (κ1) is 9.57. The summed E-state index contributed by atoms with van der Waals surface area (Å²) in [6.07, 6.45) is 2.67. The number of rotatable bonds is 2. The van der Waals surface area contributed by atoms with Crippen molar-refractivity contribution in [2.45, 2.75) is 18.9 Å². The largest absolute Gasteiger partial charge is 0.484 e. The van der Waals surface area contributed by atoms with Gasteiger partial charge in [0.15, 0.2) is 5.75 Å². The third kappa shape index (κ3) is 1.43. The summed E-state index contributed by atoms with van der Waals surface area (Å²) < 4.78 is 5.82. The smallest absolute Gasteiger partial charge is 0.352 e. The molecule has 1 aliphatic carbocycles. The Balaban J connectivity index is 1.91. The van der Waals surface area contributed by atoms with Crippen LogP contribution < -0.4 is 9.64 Å². The minimum atomic E-state index is -0.950. The zero-order valence-electron chi connectivity index (χ0n) is 9.06. The van der Waals surface area contributed by atoms with Crippen LogP contribution in [0.4, 0.5) is 5.82 Å². The number of nitrogens with zero attached hydrogens (tertiary/aromatic N) is 1. The molecule has 5 heteroatoms. The van der Waals surface area contributed by atoms with E-state index in [1.165, 1.54) is 12.8 Å². The fourth-order valence-electron chi connectivity index (χ4n) is 2.19. The van der Waals surface area contributed by atoms with Crippen LogP contribution in [-0.2, 0) is 0 Å². The number of aromatic nitrogens is 1. The summed E-state index contributed by atoms with van der Waals surface area (Å²) in [6.45, 7) is 0.831. The maximum absolute atomic E-state index is 10.8. The average molecular weight is 222 g/mol. The fraction of sp³-hybridized carbons (Fsp3) is 0.545. The molecule has 86 valence electrons. The van der Waals surface area contributed by atoms with Gasteiger partial charge >= 0.3 is 5.97 Å². The lowest BCUT2D eigenvalue weighted by atomic mass is 10.2. The third-order valence-corrected chi connectivity index (χ3v) is 3.25. The number of carboxylic acids is 1. The first-order valence-corrected chi connectivity index (χ1v) is 5.49. The number of carboxylic acid groups (broad SMARTS) is 1. The number of nitrogens with one attached hydrogen (secondary N) is 1. The van der Waals surface area contributed by atoms with Crippen LogP contribution in [0, 0.1) is 5.92 Å². The van der Waals surface area contributed by atoms with E-state index in [0.29, 0.717) is 11.7 Å². The average Bonchev–Trinajstić information content (AvgIpc) is 2.97. The van der Waals surface area contributed by atoms with E-state index >= 15 is 0 Å². The summed E-state index contributed by atoms with van der Waals surface area (Å²) in [4.78, 5) is 15.7. The number of aromatic amines is 1. The van der Waals surface area contributed by atoms with Gasteiger partial charge in [-0.15, -0.1) is 0 Å². The Bertz CT molecular complexity index is 436. The topological polar surface area (TPSA) is 65.6 Å². The van der Waals surface area contributed by atoms with E-state index < -0.39 is 5.97 Å². The standard InChI is InChI=1S/C11H14N2O3/c1-13-5-9(6-2-3-6)16-8-4-7(11(14)15)12-10(8)13/h4,6,9,12H,2-3,5H2,1H3,(H,14,15). The SMILES string of the molecule is CN1CC(C2CC2)Oc2cc(C(=O)O)[nH]c21. The van der Waals surface area contributed by atoms with Crippen LogP contribution in [0.3, 0.4) is 0 Å². The Morgan fingerprint density at radius 3 is 3.00 bits per heavy atom. The molecule has 0 aromatic carbocycles. The van der Waals surface area contributed by atoms with Crippen LogP contribution in [0.1, 0.15) is 23.3 Å². The van der Waals surface area contributed by atoms with E-state index in [9.17, 15) is 4.79 Å². The van der Waals surface area contributed by atoms with Gasteiger partial charge in [0.25, 0.3) is 0 Å². The monoisotopic (exact) mass is 222 g/mol. The summed E-state index contributed by atoms with van der Waals surface area (Å²) in [5, 5.41) is 8.90. The van der Waals surface area contributed by atoms with Crippen LogP contribution in [0.15, 0.2) is 6.07 Å². The van der Waals surface area contributed by atoms with E-state index in [0.717, 1.165) is 12.4 Å². The molecule has 1 aromatic heterocycles. The van der Waals surface area contributed by atoms with Gasteiger partial charge < -0.3 is 19.7 Å². The van der Waals surface area contributed by atoms with Gasteiger partial charge in [-0.2, -0.15) is 0 Å². The van der Waals surface area contributed by atoms with Gasteiger partial charge in [0.1, 0.15) is 17.6 Å². The van der Waals surface area contributed by atoms with Gasteiger partial charge in [0, 0.05) is 13.1 Å². The minimum absolute atomic E-state index is 0.188. The van der Waals surface area contributed by atoms with E-state index in [2.05, 4.69) is 4.98 Å². The van der Waals surface area contributed by atoms with E-state index in [1.807, 2.05) is 11.9 Å². The molecule has 1 saturated carbocycles. The van der Waals surface area contributed by atoms with Crippen LogP contribution in [0.25, 0.3) is 0 Å². The minimum Gasteiger partial charge on any atom is -0.484 e. The van der Waals surface area contributed by atoms with E-state index in [4.69, 9.17) is 9.84 Å². The molecular formula is C11H14N2O3. The molecule has 0 spiro atoms. The normalized spacial score (nSPS) is 23.8. The number of hydrogen-bond donors (Lipinski definition) is 2. The first-order valence-electron chi connectivity index (χ1n) is 5.49. The molecule has 0 bridgehead atoms. The van der Waals surface area contributed by atoms with Crippen molar-refractivity contribution in [1.82, 2.24) is 4.98 Å². The van der Waals surface area contributed by atoms with Gasteiger partial charge in [0.05, 0.1) is 6.54 Å². The molecule has 2 heterocycles. The predicted molar refractivity (Wildman–Crippen MR) is 58.2 cm³/mol. The Morgan fingerprint density at radius 1 is 1.62 bits per heavy atom. The maximum Gasteiger partial charge on any atom is 0.352 e. The quantitative estimate of drug-likeness (QED) is 0.792. The lowest BCUT2D eigenvalue weighted by molar-refractivity contribution is 0.0691. The molecular weight excluding hydrogens is 208 g/mol. The third-order valence-electron chi connectivity index (χ3n) is 3.25. The summed E-state index contributed by atoms with van der Waals surface area (Å²) in [5.41, 5.74) is 0.188. The van der Waals surface area contributed by atoms with E-state index in [1.54, 1.807) is 6.07 Å². The zero-order valence-corrected chi connectivity index (χ0v) is 9.06. The predicted octanol–water partition coefficient (Wildman–Crippen LogP) is 1.32. The Hall–Kier alpha value is -1.65. The van der Waals surface area contributed by atoms with Crippen LogP contribution >= 0.6 is 0 Å². The molecule has 0 amide bonds. The molecule has 1 atom stereocenters. The Morgan fingerprint density at radius 2 is 2.38 bits per heavy atom.